The molecule has 2 N–H and O–H groups in total. The first-order chi connectivity index (χ1) is 10.6. The molecule has 1 aromatic rings. The minimum absolute atomic E-state index is 0.149. The van der Waals surface area contributed by atoms with Crippen molar-refractivity contribution in [1.29, 1.82) is 0 Å². The normalized spacial score (nSPS) is 22.1. The molecule has 0 saturated carbocycles. The monoisotopic (exact) mass is 328 g/mol. The van der Waals surface area contributed by atoms with Crippen LogP contribution in [0.25, 0.3) is 0 Å². The van der Waals surface area contributed by atoms with Gasteiger partial charge in [-0.05, 0) is 12.1 Å². The Hall–Kier alpha value is -1.35. The zero-order valence-corrected chi connectivity index (χ0v) is 13.0. The third-order valence-electron chi connectivity index (χ3n) is 3.53. The predicted molar refractivity (Wildman–Crippen MR) is 79.8 cm³/mol. The average Bonchev–Trinajstić information content (AvgIpc) is 2.78. The lowest BCUT2D eigenvalue weighted by molar-refractivity contribution is 0.0324. The third kappa shape index (κ3) is 3.70. The molecule has 1 aromatic carbocycles. The first-order valence-electron chi connectivity index (χ1n) is 7.37. The van der Waals surface area contributed by atoms with E-state index in [9.17, 15) is 8.42 Å². The molecule has 8 heteroatoms. The number of sulfonamides is 1. The van der Waals surface area contributed by atoms with E-state index in [1.807, 2.05) is 0 Å². The van der Waals surface area contributed by atoms with Gasteiger partial charge in [0.15, 0.2) is 11.5 Å². The van der Waals surface area contributed by atoms with Gasteiger partial charge in [-0.1, -0.05) is 0 Å². The van der Waals surface area contributed by atoms with Gasteiger partial charge in [-0.25, -0.2) is 13.1 Å². The van der Waals surface area contributed by atoms with Crippen LogP contribution in [0.4, 0.5) is 0 Å². The lowest BCUT2D eigenvalue weighted by Gasteiger charge is -2.23. The second-order valence-electron chi connectivity index (χ2n) is 5.21. The maximum absolute atomic E-state index is 12.4. The van der Waals surface area contributed by atoms with Crippen LogP contribution >= 0.6 is 0 Å². The topological polar surface area (TPSA) is 85.9 Å². The van der Waals surface area contributed by atoms with E-state index in [1.54, 1.807) is 6.07 Å². The quantitative estimate of drug-likeness (QED) is 0.816. The molecular weight excluding hydrogens is 308 g/mol. The molecule has 2 aliphatic heterocycles. The Labute approximate surface area is 130 Å². The fraction of sp³-hybridized carbons (Fsp3) is 0.571. The second-order valence-corrected chi connectivity index (χ2v) is 6.97. The van der Waals surface area contributed by atoms with E-state index in [0.29, 0.717) is 37.9 Å². The Balaban J connectivity index is 1.70. The van der Waals surface area contributed by atoms with Crippen LogP contribution in [0.3, 0.4) is 0 Å². The van der Waals surface area contributed by atoms with Crippen LogP contribution in [-0.4, -0.2) is 54.0 Å². The Bertz CT molecular complexity index is 614. The lowest BCUT2D eigenvalue weighted by Crippen LogP contribution is -2.45. The predicted octanol–water partition coefficient (Wildman–Crippen LogP) is 0.115. The van der Waals surface area contributed by atoms with Gasteiger partial charge in [0.05, 0.1) is 30.8 Å². The fourth-order valence-electron chi connectivity index (χ4n) is 2.35. The molecule has 1 unspecified atom stereocenters. The van der Waals surface area contributed by atoms with Gasteiger partial charge in [0, 0.05) is 32.1 Å². The van der Waals surface area contributed by atoms with Gasteiger partial charge in [-0.3, -0.25) is 0 Å². The van der Waals surface area contributed by atoms with Gasteiger partial charge in [-0.15, -0.1) is 0 Å². The number of hydrogen-bond acceptors (Lipinski definition) is 6. The first-order valence-corrected chi connectivity index (χ1v) is 8.85. The molecule has 0 radical (unpaired) electrons. The van der Waals surface area contributed by atoms with Crippen molar-refractivity contribution in [2.75, 3.05) is 39.5 Å². The Morgan fingerprint density at radius 2 is 2.00 bits per heavy atom. The van der Waals surface area contributed by atoms with Crippen LogP contribution in [0, 0.1) is 0 Å². The number of fused-ring (bicyclic) bond motifs is 1. The standard InChI is InChI=1S/C14H20N2O5S/c17-22(18,16-10-11-9-15-4-7-19-11)12-2-3-13-14(8-12)21-6-1-5-20-13/h2-3,8,11,15-16H,1,4-7,9-10H2. The number of ether oxygens (including phenoxy) is 3. The average molecular weight is 328 g/mol. The molecule has 122 valence electrons. The minimum atomic E-state index is -3.60. The third-order valence-corrected chi connectivity index (χ3v) is 4.96. The van der Waals surface area contributed by atoms with Crippen molar-refractivity contribution in [2.24, 2.45) is 0 Å². The summed E-state index contributed by atoms with van der Waals surface area (Å²) in [6, 6.07) is 4.66. The summed E-state index contributed by atoms with van der Waals surface area (Å²) in [4.78, 5) is 0.167. The van der Waals surface area contributed by atoms with Crippen molar-refractivity contribution >= 4 is 10.0 Å². The van der Waals surface area contributed by atoms with Crippen LogP contribution in [0.1, 0.15) is 6.42 Å². The molecule has 0 amide bonds. The Morgan fingerprint density at radius 1 is 1.18 bits per heavy atom. The van der Waals surface area contributed by atoms with E-state index >= 15 is 0 Å². The summed E-state index contributed by atoms with van der Waals surface area (Å²) >= 11 is 0. The van der Waals surface area contributed by atoms with E-state index in [4.69, 9.17) is 14.2 Å². The van der Waals surface area contributed by atoms with Gasteiger partial charge in [0.2, 0.25) is 10.0 Å². The van der Waals surface area contributed by atoms with Crippen molar-refractivity contribution < 1.29 is 22.6 Å². The van der Waals surface area contributed by atoms with Crippen LogP contribution < -0.4 is 19.5 Å². The van der Waals surface area contributed by atoms with E-state index in [2.05, 4.69) is 10.0 Å². The summed E-state index contributed by atoms with van der Waals surface area (Å²) in [5.41, 5.74) is 0. The molecule has 1 atom stereocenters. The minimum Gasteiger partial charge on any atom is -0.490 e. The highest BCUT2D eigenvalue weighted by Gasteiger charge is 2.21. The zero-order chi connectivity index (χ0) is 15.4. The number of rotatable bonds is 4. The number of morpholine rings is 1. The van der Waals surface area contributed by atoms with Crippen molar-refractivity contribution in [3.8, 4) is 11.5 Å². The molecule has 2 aliphatic rings. The van der Waals surface area contributed by atoms with Gasteiger partial charge in [0.25, 0.3) is 0 Å². The van der Waals surface area contributed by atoms with Crippen LogP contribution in [0.2, 0.25) is 0 Å². The summed E-state index contributed by atoms with van der Waals surface area (Å²) in [5.74, 6) is 1.05. The number of benzene rings is 1. The van der Waals surface area contributed by atoms with E-state index in [1.165, 1.54) is 12.1 Å². The molecule has 0 spiro atoms. The SMILES string of the molecule is O=S(=O)(NCC1CNCCO1)c1ccc2c(c1)OCCCO2. The largest absolute Gasteiger partial charge is 0.490 e. The highest BCUT2D eigenvalue weighted by Crippen LogP contribution is 2.31. The summed E-state index contributed by atoms with van der Waals surface area (Å²) in [7, 11) is -3.60. The Kier molecular flexibility index (Phi) is 4.82. The molecule has 22 heavy (non-hydrogen) atoms. The first kappa shape index (κ1) is 15.5. The molecule has 1 fully saturated rings. The van der Waals surface area contributed by atoms with E-state index in [0.717, 1.165) is 13.0 Å². The lowest BCUT2D eigenvalue weighted by atomic mass is 10.3. The molecule has 3 rings (SSSR count). The highest BCUT2D eigenvalue weighted by molar-refractivity contribution is 7.89. The van der Waals surface area contributed by atoms with E-state index < -0.39 is 10.0 Å². The summed E-state index contributed by atoms with van der Waals surface area (Å²) < 4.78 is 43.8. The van der Waals surface area contributed by atoms with Gasteiger partial charge >= 0.3 is 0 Å². The van der Waals surface area contributed by atoms with E-state index in [-0.39, 0.29) is 17.5 Å². The Morgan fingerprint density at radius 3 is 2.77 bits per heavy atom. The van der Waals surface area contributed by atoms with Crippen LogP contribution in [0.15, 0.2) is 23.1 Å². The molecule has 2 heterocycles. The number of hydrogen-bond donors (Lipinski definition) is 2. The molecular formula is C14H20N2O5S. The van der Waals surface area contributed by atoms with Crippen molar-refractivity contribution in [3.63, 3.8) is 0 Å². The van der Waals surface area contributed by atoms with Crippen molar-refractivity contribution in [2.45, 2.75) is 17.4 Å². The summed E-state index contributed by atoms with van der Waals surface area (Å²) in [5, 5.41) is 3.16. The second kappa shape index (κ2) is 6.82. The van der Waals surface area contributed by atoms with Gasteiger partial charge in [0.1, 0.15) is 0 Å². The van der Waals surface area contributed by atoms with Crippen molar-refractivity contribution in [1.82, 2.24) is 10.0 Å². The fourth-order valence-corrected chi connectivity index (χ4v) is 3.43. The smallest absolute Gasteiger partial charge is 0.240 e. The maximum Gasteiger partial charge on any atom is 0.240 e. The summed E-state index contributed by atoms with van der Waals surface area (Å²) in [6.07, 6.45) is 0.630. The van der Waals surface area contributed by atoms with Crippen LogP contribution in [0.5, 0.6) is 11.5 Å². The van der Waals surface area contributed by atoms with Crippen molar-refractivity contribution in [3.05, 3.63) is 18.2 Å². The molecule has 7 nitrogen and oxygen atoms in total. The molecule has 0 aromatic heterocycles. The zero-order valence-electron chi connectivity index (χ0n) is 12.2. The maximum atomic E-state index is 12.4. The van der Waals surface area contributed by atoms with Crippen LogP contribution in [-0.2, 0) is 14.8 Å². The summed E-state index contributed by atoms with van der Waals surface area (Å²) in [6.45, 7) is 3.37. The molecule has 0 bridgehead atoms. The highest BCUT2D eigenvalue weighted by atomic mass is 32.2. The molecule has 1 saturated heterocycles. The van der Waals surface area contributed by atoms with Gasteiger partial charge in [-0.2, -0.15) is 0 Å². The van der Waals surface area contributed by atoms with Gasteiger partial charge < -0.3 is 19.5 Å². The molecule has 0 aliphatic carbocycles. The number of nitrogens with one attached hydrogen (secondary N) is 2.